The van der Waals surface area contributed by atoms with Crippen LogP contribution in [0.15, 0.2) is 30.3 Å². The molecule has 0 atom stereocenters. The molecule has 0 spiro atoms. The molecule has 23 heavy (non-hydrogen) atoms. The van der Waals surface area contributed by atoms with Crippen molar-refractivity contribution in [2.24, 2.45) is 0 Å². The van der Waals surface area contributed by atoms with Gasteiger partial charge in [-0.3, -0.25) is 0 Å². The maximum absolute atomic E-state index is 12.9. The van der Waals surface area contributed by atoms with Gasteiger partial charge in [-0.2, -0.15) is 13.2 Å². The molecule has 1 aliphatic rings. The van der Waals surface area contributed by atoms with Crippen molar-refractivity contribution in [3.63, 3.8) is 0 Å². The number of ether oxygens (including phenoxy) is 1. The Kier molecular flexibility index (Phi) is 2.94. The van der Waals surface area contributed by atoms with E-state index in [4.69, 9.17) is 16.3 Å². The van der Waals surface area contributed by atoms with Crippen molar-refractivity contribution < 1.29 is 17.9 Å². The molecule has 6 heteroatoms. The van der Waals surface area contributed by atoms with Crippen molar-refractivity contribution in [1.29, 1.82) is 0 Å². The SMILES string of the molecule is Cc1cc(C(F)(F)F)cc2[nH]c(Cc3c(Cl)ccc4c3O4)cc12. The summed E-state index contributed by atoms with van der Waals surface area (Å²) in [7, 11) is 0. The lowest BCUT2D eigenvalue weighted by molar-refractivity contribution is -0.137. The van der Waals surface area contributed by atoms with Gasteiger partial charge in [-0.25, -0.2) is 0 Å². The summed E-state index contributed by atoms with van der Waals surface area (Å²) in [6.45, 7) is 1.68. The van der Waals surface area contributed by atoms with Gasteiger partial charge in [0.15, 0.2) is 11.5 Å². The number of alkyl halides is 3. The largest absolute Gasteiger partial charge is 0.449 e. The van der Waals surface area contributed by atoms with Crippen molar-refractivity contribution >= 4 is 22.5 Å². The number of H-pyrrole nitrogens is 1. The summed E-state index contributed by atoms with van der Waals surface area (Å²) in [5.41, 5.74) is 2.06. The molecule has 0 saturated carbocycles. The summed E-state index contributed by atoms with van der Waals surface area (Å²) in [4.78, 5) is 3.06. The van der Waals surface area contributed by atoms with Crippen LogP contribution in [0.2, 0.25) is 5.02 Å². The Balaban J connectivity index is 1.76. The highest BCUT2D eigenvalue weighted by Gasteiger charge is 2.31. The summed E-state index contributed by atoms with van der Waals surface area (Å²) in [5.74, 6) is 1.57. The predicted molar refractivity (Wildman–Crippen MR) is 82.4 cm³/mol. The summed E-state index contributed by atoms with van der Waals surface area (Å²) >= 11 is 6.19. The molecule has 0 saturated heterocycles. The summed E-state index contributed by atoms with van der Waals surface area (Å²) in [5, 5.41) is 1.37. The van der Waals surface area contributed by atoms with Gasteiger partial charge < -0.3 is 9.72 Å². The minimum absolute atomic E-state index is 0.473. The van der Waals surface area contributed by atoms with Crippen LogP contribution in [0.4, 0.5) is 13.2 Å². The van der Waals surface area contributed by atoms with E-state index in [0.29, 0.717) is 22.5 Å². The zero-order valence-corrected chi connectivity index (χ0v) is 12.8. The van der Waals surface area contributed by atoms with Crippen LogP contribution in [-0.4, -0.2) is 4.98 Å². The fourth-order valence-electron chi connectivity index (χ4n) is 2.85. The second-order valence-corrected chi connectivity index (χ2v) is 6.09. The van der Waals surface area contributed by atoms with Gasteiger partial charge in [0.05, 0.1) is 5.56 Å². The number of nitrogens with one attached hydrogen (secondary N) is 1. The topological polar surface area (TPSA) is 28.3 Å². The van der Waals surface area contributed by atoms with E-state index in [-0.39, 0.29) is 0 Å². The zero-order valence-electron chi connectivity index (χ0n) is 12.0. The number of fused-ring (bicyclic) bond motifs is 2. The molecular weight excluding hydrogens is 327 g/mol. The maximum atomic E-state index is 12.9. The summed E-state index contributed by atoms with van der Waals surface area (Å²) in [6, 6.07) is 7.73. The van der Waals surface area contributed by atoms with Crippen LogP contribution in [-0.2, 0) is 12.6 Å². The van der Waals surface area contributed by atoms with Gasteiger partial charge in [-0.05, 0) is 42.8 Å². The van der Waals surface area contributed by atoms with Crippen LogP contribution in [0.1, 0.15) is 22.4 Å². The lowest BCUT2D eigenvalue weighted by Crippen LogP contribution is -2.04. The Bertz CT molecular complexity index is 939. The lowest BCUT2D eigenvalue weighted by atomic mass is 10.1. The predicted octanol–water partition coefficient (Wildman–Crippen LogP) is 5.85. The van der Waals surface area contributed by atoms with Gasteiger partial charge in [0.1, 0.15) is 0 Å². The molecule has 0 unspecified atom stereocenters. The van der Waals surface area contributed by atoms with Crippen molar-refractivity contribution in [2.45, 2.75) is 19.5 Å². The number of hydrogen-bond acceptors (Lipinski definition) is 1. The number of benzene rings is 2. The van der Waals surface area contributed by atoms with E-state index in [1.807, 2.05) is 6.07 Å². The lowest BCUT2D eigenvalue weighted by Gasteiger charge is -2.07. The van der Waals surface area contributed by atoms with Gasteiger partial charge >= 0.3 is 6.18 Å². The first-order chi connectivity index (χ1) is 10.8. The fraction of sp³-hybridized carbons (Fsp3) is 0.176. The number of hydrogen-bond donors (Lipinski definition) is 1. The molecule has 118 valence electrons. The van der Waals surface area contributed by atoms with Crippen LogP contribution < -0.4 is 4.74 Å². The molecule has 2 nitrogen and oxygen atoms in total. The number of aromatic nitrogens is 1. The molecule has 0 amide bonds. The number of halogens is 4. The van der Waals surface area contributed by atoms with Crippen LogP contribution in [0, 0.1) is 6.92 Å². The van der Waals surface area contributed by atoms with Crippen LogP contribution in [0.3, 0.4) is 0 Å². The van der Waals surface area contributed by atoms with E-state index in [9.17, 15) is 13.2 Å². The molecule has 1 aliphatic heterocycles. The smallest absolute Gasteiger partial charge is 0.416 e. The highest BCUT2D eigenvalue weighted by Crippen LogP contribution is 2.51. The molecule has 1 aromatic heterocycles. The van der Waals surface area contributed by atoms with Crippen LogP contribution >= 0.6 is 11.6 Å². The zero-order chi connectivity index (χ0) is 16.4. The van der Waals surface area contributed by atoms with E-state index in [1.54, 1.807) is 19.1 Å². The Hall–Kier alpha value is -2.14. The Morgan fingerprint density at radius 1 is 1.17 bits per heavy atom. The minimum Gasteiger partial charge on any atom is -0.449 e. The third-order valence-electron chi connectivity index (χ3n) is 4.03. The van der Waals surface area contributed by atoms with E-state index < -0.39 is 11.7 Å². The average Bonchev–Trinajstić information content (AvgIpc) is 3.13. The summed E-state index contributed by atoms with van der Waals surface area (Å²) in [6.07, 6.45) is -3.87. The van der Waals surface area contributed by atoms with Gasteiger partial charge in [0, 0.05) is 33.6 Å². The maximum Gasteiger partial charge on any atom is 0.416 e. The third kappa shape index (κ3) is 2.45. The molecule has 0 aliphatic carbocycles. The molecule has 0 radical (unpaired) electrons. The van der Waals surface area contributed by atoms with Crippen molar-refractivity contribution in [3.05, 3.63) is 57.7 Å². The number of aryl methyl sites for hydroxylation is 1. The quantitative estimate of drug-likeness (QED) is 0.457. The van der Waals surface area contributed by atoms with E-state index in [2.05, 4.69) is 4.98 Å². The molecule has 0 fully saturated rings. The van der Waals surface area contributed by atoms with E-state index >= 15 is 0 Å². The van der Waals surface area contributed by atoms with Crippen molar-refractivity contribution in [3.8, 4) is 11.5 Å². The Morgan fingerprint density at radius 3 is 2.70 bits per heavy atom. The fourth-order valence-corrected chi connectivity index (χ4v) is 3.07. The first-order valence-corrected chi connectivity index (χ1v) is 7.39. The van der Waals surface area contributed by atoms with Gasteiger partial charge in [0.25, 0.3) is 0 Å². The van der Waals surface area contributed by atoms with Crippen LogP contribution in [0.25, 0.3) is 10.9 Å². The van der Waals surface area contributed by atoms with Crippen molar-refractivity contribution in [2.75, 3.05) is 0 Å². The van der Waals surface area contributed by atoms with Crippen LogP contribution in [0.5, 0.6) is 11.5 Å². The molecule has 3 aromatic rings. The average molecular weight is 338 g/mol. The highest BCUT2D eigenvalue weighted by molar-refractivity contribution is 6.31. The third-order valence-corrected chi connectivity index (χ3v) is 4.39. The van der Waals surface area contributed by atoms with Gasteiger partial charge in [-0.15, -0.1) is 0 Å². The molecule has 1 N–H and O–H groups in total. The first-order valence-electron chi connectivity index (χ1n) is 7.01. The molecule has 2 aromatic carbocycles. The highest BCUT2D eigenvalue weighted by atomic mass is 35.5. The molecule has 2 heterocycles. The number of aromatic amines is 1. The van der Waals surface area contributed by atoms with E-state index in [1.165, 1.54) is 6.07 Å². The molecule has 4 rings (SSSR count). The summed E-state index contributed by atoms with van der Waals surface area (Å²) < 4.78 is 44.1. The standard InChI is InChI=1S/C17H11ClF3NO/c1-8-4-9(17(19,20)21)5-14-11(8)6-10(22-14)7-12-13(18)2-3-15-16(12)23-15/h2-6,22H,7H2,1H3. The minimum atomic E-state index is -4.36. The second kappa shape index (κ2) is 4.68. The second-order valence-electron chi connectivity index (χ2n) is 5.68. The number of rotatable bonds is 2. The molecule has 0 bridgehead atoms. The molecular formula is C17H11ClF3NO. The normalized spacial score (nSPS) is 13.1. The van der Waals surface area contributed by atoms with Gasteiger partial charge in [-0.1, -0.05) is 11.6 Å². The first kappa shape index (κ1) is 14.5. The van der Waals surface area contributed by atoms with Crippen molar-refractivity contribution in [1.82, 2.24) is 4.98 Å². The Labute approximate surface area is 134 Å². The Morgan fingerprint density at radius 2 is 1.96 bits per heavy atom. The monoisotopic (exact) mass is 337 g/mol. The van der Waals surface area contributed by atoms with Gasteiger partial charge in [0.2, 0.25) is 0 Å². The van der Waals surface area contributed by atoms with E-state index in [0.717, 1.165) is 34.2 Å².